The Labute approximate surface area is 156 Å². The SMILES string of the molecule is Cc1ccc(NC(=O)c2c(C)nc3c(Cl)cc(C(F)(F)F)cn23)cc1Cl. The third-order valence-corrected chi connectivity index (χ3v) is 4.51. The second kappa shape index (κ2) is 6.48. The molecule has 0 radical (unpaired) electrons. The van der Waals surface area contributed by atoms with Gasteiger partial charge in [-0.1, -0.05) is 29.3 Å². The lowest BCUT2D eigenvalue weighted by Gasteiger charge is -2.10. The number of carbonyl (C=O) groups is 1. The Bertz CT molecular complexity index is 1030. The van der Waals surface area contributed by atoms with E-state index in [4.69, 9.17) is 23.2 Å². The van der Waals surface area contributed by atoms with E-state index in [1.54, 1.807) is 18.2 Å². The summed E-state index contributed by atoms with van der Waals surface area (Å²) in [6.07, 6.45) is -3.80. The molecular weight excluding hydrogens is 390 g/mol. The molecule has 0 aliphatic rings. The van der Waals surface area contributed by atoms with Crippen molar-refractivity contribution in [1.29, 1.82) is 0 Å². The number of hydrogen-bond acceptors (Lipinski definition) is 2. The van der Waals surface area contributed by atoms with Crippen LogP contribution in [-0.4, -0.2) is 15.3 Å². The van der Waals surface area contributed by atoms with Crippen LogP contribution in [0.5, 0.6) is 0 Å². The minimum atomic E-state index is -4.60. The number of aryl methyl sites for hydroxylation is 2. The van der Waals surface area contributed by atoms with Crippen LogP contribution < -0.4 is 5.32 Å². The molecule has 0 spiro atoms. The van der Waals surface area contributed by atoms with Gasteiger partial charge in [0.1, 0.15) is 5.69 Å². The molecular formula is C17H12Cl2F3N3O. The average molecular weight is 402 g/mol. The first-order chi connectivity index (χ1) is 12.1. The number of rotatable bonds is 2. The Morgan fingerprint density at radius 3 is 2.46 bits per heavy atom. The van der Waals surface area contributed by atoms with Gasteiger partial charge in [-0.15, -0.1) is 0 Å². The molecule has 2 heterocycles. The third-order valence-electron chi connectivity index (χ3n) is 3.82. The molecule has 0 atom stereocenters. The molecule has 1 N–H and O–H groups in total. The molecule has 0 aliphatic carbocycles. The van der Waals surface area contributed by atoms with Crippen molar-refractivity contribution in [1.82, 2.24) is 9.38 Å². The van der Waals surface area contributed by atoms with Gasteiger partial charge in [-0.3, -0.25) is 9.20 Å². The van der Waals surface area contributed by atoms with Crippen LogP contribution in [0.1, 0.15) is 27.3 Å². The van der Waals surface area contributed by atoms with E-state index in [-0.39, 0.29) is 22.1 Å². The first kappa shape index (κ1) is 18.5. The number of amides is 1. The summed E-state index contributed by atoms with van der Waals surface area (Å²) >= 11 is 12.0. The lowest BCUT2D eigenvalue weighted by Crippen LogP contribution is -2.16. The maximum absolute atomic E-state index is 13.1. The van der Waals surface area contributed by atoms with Crippen molar-refractivity contribution >= 4 is 40.4 Å². The van der Waals surface area contributed by atoms with Gasteiger partial charge in [-0.05, 0) is 37.6 Å². The predicted octanol–water partition coefficient (Wildman–Crippen LogP) is 5.53. The molecule has 0 saturated heterocycles. The van der Waals surface area contributed by atoms with Gasteiger partial charge in [0.15, 0.2) is 5.65 Å². The number of benzene rings is 1. The van der Waals surface area contributed by atoms with Crippen molar-refractivity contribution in [2.24, 2.45) is 0 Å². The molecule has 0 bridgehead atoms. The molecule has 1 aromatic carbocycles. The number of nitrogens with zero attached hydrogens (tertiary/aromatic N) is 2. The van der Waals surface area contributed by atoms with Gasteiger partial charge < -0.3 is 5.32 Å². The first-order valence-electron chi connectivity index (χ1n) is 7.41. The molecule has 26 heavy (non-hydrogen) atoms. The molecule has 0 fully saturated rings. The van der Waals surface area contributed by atoms with Gasteiger partial charge in [0.2, 0.25) is 0 Å². The molecule has 0 saturated carbocycles. The summed E-state index contributed by atoms with van der Waals surface area (Å²) in [5.74, 6) is -0.620. The number of imidazole rings is 1. The topological polar surface area (TPSA) is 46.4 Å². The number of halogens is 5. The van der Waals surface area contributed by atoms with Gasteiger partial charge in [0.05, 0.1) is 16.3 Å². The first-order valence-corrected chi connectivity index (χ1v) is 8.16. The zero-order valence-electron chi connectivity index (χ0n) is 13.6. The number of pyridine rings is 1. The molecule has 136 valence electrons. The Morgan fingerprint density at radius 1 is 1.15 bits per heavy atom. The van der Waals surface area contributed by atoms with E-state index in [1.165, 1.54) is 6.92 Å². The zero-order chi connectivity index (χ0) is 19.2. The van der Waals surface area contributed by atoms with Crippen molar-refractivity contribution in [2.75, 3.05) is 5.32 Å². The normalized spacial score (nSPS) is 11.8. The summed E-state index contributed by atoms with van der Waals surface area (Å²) in [5, 5.41) is 2.88. The van der Waals surface area contributed by atoms with E-state index in [1.807, 2.05) is 6.92 Å². The summed E-state index contributed by atoms with van der Waals surface area (Å²) in [6.45, 7) is 3.33. The second-order valence-corrected chi connectivity index (χ2v) is 6.55. The minimum absolute atomic E-state index is 0.0373. The fourth-order valence-corrected chi connectivity index (χ4v) is 2.94. The molecule has 0 unspecified atom stereocenters. The van der Waals surface area contributed by atoms with Crippen molar-refractivity contribution in [3.05, 3.63) is 63.0 Å². The van der Waals surface area contributed by atoms with E-state index in [9.17, 15) is 18.0 Å². The molecule has 3 aromatic rings. The van der Waals surface area contributed by atoms with E-state index in [2.05, 4.69) is 10.3 Å². The Kier molecular flexibility index (Phi) is 4.62. The predicted molar refractivity (Wildman–Crippen MR) is 94.1 cm³/mol. The zero-order valence-corrected chi connectivity index (χ0v) is 15.1. The summed E-state index contributed by atoms with van der Waals surface area (Å²) in [5.41, 5.74) is 0.561. The number of fused-ring (bicyclic) bond motifs is 1. The number of nitrogens with one attached hydrogen (secondary N) is 1. The molecule has 1 amide bonds. The molecule has 4 nitrogen and oxygen atoms in total. The Hall–Kier alpha value is -2.25. The fourth-order valence-electron chi connectivity index (χ4n) is 2.51. The maximum Gasteiger partial charge on any atom is 0.417 e. The van der Waals surface area contributed by atoms with Crippen LogP contribution >= 0.6 is 23.2 Å². The highest BCUT2D eigenvalue weighted by molar-refractivity contribution is 6.33. The van der Waals surface area contributed by atoms with Crippen LogP contribution in [0.25, 0.3) is 5.65 Å². The Balaban J connectivity index is 2.08. The molecule has 2 aromatic heterocycles. The number of alkyl halides is 3. The summed E-state index contributed by atoms with van der Waals surface area (Å²) in [4.78, 5) is 16.7. The quantitative estimate of drug-likeness (QED) is 0.613. The van der Waals surface area contributed by atoms with Crippen LogP contribution in [0.15, 0.2) is 30.5 Å². The number of carbonyl (C=O) groups excluding carboxylic acids is 1. The van der Waals surface area contributed by atoms with Crippen molar-refractivity contribution < 1.29 is 18.0 Å². The molecule has 0 aliphatic heterocycles. The van der Waals surface area contributed by atoms with Crippen molar-refractivity contribution in [3.63, 3.8) is 0 Å². The van der Waals surface area contributed by atoms with Gasteiger partial charge in [-0.25, -0.2) is 4.98 Å². The van der Waals surface area contributed by atoms with Gasteiger partial charge in [-0.2, -0.15) is 13.2 Å². The summed E-state index contributed by atoms with van der Waals surface area (Å²) < 4.78 is 40.2. The van der Waals surface area contributed by atoms with E-state index in [0.717, 1.165) is 22.2 Å². The molecule has 3 rings (SSSR count). The fraction of sp³-hybridized carbons (Fsp3) is 0.176. The number of anilines is 1. The highest BCUT2D eigenvalue weighted by Crippen LogP contribution is 2.33. The highest BCUT2D eigenvalue weighted by atomic mass is 35.5. The standard InChI is InChI=1S/C17H12Cl2F3N3O/c1-8-3-4-11(6-12(8)18)24-16(26)14-9(2)23-15-13(19)5-10(7-25(14)15)17(20,21)22/h3-7H,1-2H3,(H,24,26). The highest BCUT2D eigenvalue weighted by Gasteiger charge is 2.33. The van der Waals surface area contributed by atoms with E-state index >= 15 is 0 Å². The minimum Gasteiger partial charge on any atom is -0.321 e. The lowest BCUT2D eigenvalue weighted by atomic mass is 10.2. The van der Waals surface area contributed by atoms with Crippen LogP contribution in [0.2, 0.25) is 10.0 Å². The third kappa shape index (κ3) is 3.37. The van der Waals surface area contributed by atoms with Crippen LogP contribution in [0.4, 0.5) is 18.9 Å². The van der Waals surface area contributed by atoms with E-state index < -0.39 is 17.6 Å². The molecule has 9 heteroatoms. The van der Waals surface area contributed by atoms with Gasteiger partial charge in [0, 0.05) is 16.9 Å². The average Bonchev–Trinajstić information content (AvgIpc) is 2.87. The van der Waals surface area contributed by atoms with Crippen molar-refractivity contribution in [3.8, 4) is 0 Å². The van der Waals surface area contributed by atoms with Gasteiger partial charge >= 0.3 is 6.18 Å². The summed E-state index contributed by atoms with van der Waals surface area (Å²) in [7, 11) is 0. The number of aromatic nitrogens is 2. The van der Waals surface area contributed by atoms with Crippen molar-refractivity contribution in [2.45, 2.75) is 20.0 Å². The van der Waals surface area contributed by atoms with Crippen LogP contribution in [0.3, 0.4) is 0 Å². The largest absolute Gasteiger partial charge is 0.417 e. The maximum atomic E-state index is 13.1. The van der Waals surface area contributed by atoms with Gasteiger partial charge in [0.25, 0.3) is 5.91 Å². The monoisotopic (exact) mass is 401 g/mol. The number of hydrogen-bond donors (Lipinski definition) is 1. The smallest absolute Gasteiger partial charge is 0.321 e. The van der Waals surface area contributed by atoms with Crippen LogP contribution in [-0.2, 0) is 6.18 Å². The second-order valence-electron chi connectivity index (χ2n) is 5.73. The summed E-state index contributed by atoms with van der Waals surface area (Å²) in [6, 6.07) is 5.70. The van der Waals surface area contributed by atoms with E-state index in [0.29, 0.717) is 10.7 Å². The lowest BCUT2D eigenvalue weighted by molar-refractivity contribution is -0.137. The van der Waals surface area contributed by atoms with Crippen LogP contribution in [0, 0.1) is 13.8 Å². The Morgan fingerprint density at radius 2 is 1.85 bits per heavy atom.